The van der Waals surface area contributed by atoms with Crippen LogP contribution in [0.2, 0.25) is 0 Å². The zero-order valence-corrected chi connectivity index (χ0v) is 12.7. The Labute approximate surface area is 126 Å². The fourth-order valence-electron chi connectivity index (χ4n) is 1.97. The third kappa shape index (κ3) is 3.67. The molecule has 0 radical (unpaired) electrons. The normalized spacial score (nSPS) is 10.3. The molecule has 0 aliphatic heterocycles. The lowest BCUT2D eigenvalue weighted by Crippen LogP contribution is -2.26. The number of carbonyl (C=O) groups is 1. The van der Waals surface area contributed by atoms with Crippen molar-refractivity contribution in [3.8, 4) is 0 Å². The summed E-state index contributed by atoms with van der Waals surface area (Å²) in [6, 6.07) is 12.4. The molecule has 0 bridgehead atoms. The second kappa shape index (κ2) is 6.66. The van der Waals surface area contributed by atoms with Crippen molar-refractivity contribution >= 4 is 21.8 Å². The Hall–Kier alpha value is -1.68. The summed E-state index contributed by atoms with van der Waals surface area (Å²) in [5.41, 5.74) is 2.44. The van der Waals surface area contributed by atoms with Crippen molar-refractivity contribution in [2.24, 2.45) is 0 Å². The second-order valence-corrected chi connectivity index (χ2v) is 5.47. The zero-order valence-electron chi connectivity index (χ0n) is 11.1. The first kappa shape index (κ1) is 14.7. The molecule has 2 aromatic rings. The van der Waals surface area contributed by atoms with Gasteiger partial charge in [-0.1, -0.05) is 40.2 Å². The lowest BCUT2D eigenvalue weighted by atomic mass is 10.1. The van der Waals surface area contributed by atoms with Gasteiger partial charge in [0, 0.05) is 11.0 Å². The van der Waals surface area contributed by atoms with Crippen molar-refractivity contribution in [1.29, 1.82) is 0 Å². The minimum Gasteiger partial charge on any atom is -0.352 e. The zero-order chi connectivity index (χ0) is 14.5. The van der Waals surface area contributed by atoms with Crippen LogP contribution in [0.15, 0.2) is 46.9 Å². The largest absolute Gasteiger partial charge is 0.352 e. The molecular weight excluding hydrogens is 321 g/mol. The Kier molecular flexibility index (Phi) is 4.90. The number of benzene rings is 2. The molecular formula is C16H15BrFNO. The lowest BCUT2D eigenvalue weighted by Gasteiger charge is -2.08. The van der Waals surface area contributed by atoms with Gasteiger partial charge in [-0.05, 0) is 42.7 Å². The van der Waals surface area contributed by atoms with E-state index in [-0.39, 0.29) is 11.5 Å². The van der Waals surface area contributed by atoms with E-state index in [1.165, 1.54) is 23.3 Å². The molecule has 1 amide bonds. The van der Waals surface area contributed by atoms with Gasteiger partial charge in [0.1, 0.15) is 5.82 Å². The maximum atomic E-state index is 13.6. The first-order valence-corrected chi connectivity index (χ1v) is 7.15. The number of hydrogen-bond acceptors (Lipinski definition) is 1. The highest BCUT2D eigenvalue weighted by Crippen LogP contribution is 2.15. The third-order valence-electron chi connectivity index (χ3n) is 3.12. The summed E-state index contributed by atoms with van der Waals surface area (Å²) in [5, 5.41) is 2.74. The SMILES string of the molecule is Cc1ccccc1CCNC(=O)c1ccc(Br)cc1F. The minimum atomic E-state index is -0.521. The predicted molar refractivity (Wildman–Crippen MR) is 81.3 cm³/mol. The van der Waals surface area contributed by atoms with Crippen molar-refractivity contribution in [1.82, 2.24) is 5.32 Å². The van der Waals surface area contributed by atoms with E-state index in [0.29, 0.717) is 11.0 Å². The number of carbonyl (C=O) groups excluding carboxylic acids is 1. The standard InChI is InChI=1S/C16H15BrFNO/c1-11-4-2-3-5-12(11)8-9-19-16(20)14-7-6-13(17)10-15(14)18/h2-7,10H,8-9H2,1H3,(H,19,20). The van der Waals surface area contributed by atoms with Crippen LogP contribution in [0.3, 0.4) is 0 Å². The van der Waals surface area contributed by atoms with E-state index in [2.05, 4.69) is 21.2 Å². The number of amides is 1. The van der Waals surface area contributed by atoms with Gasteiger partial charge >= 0.3 is 0 Å². The highest BCUT2D eigenvalue weighted by atomic mass is 79.9. The quantitative estimate of drug-likeness (QED) is 0.902. The van der Waals surface area contributed by atoms with E-state index in [9.17, 15) is 9.18 Å². The molecule has 2 rings (SSSR count). The summed E-state index contributed by atoms with van der Waals surface area (Å²) in [4.78, 5) is 11.9. The first-order valence-electron chi connectivity index (χ1n) is 6.35. The molecule has 0 aromatic heterocycles. The number of hydrogen-bond donors (Lipinski definition) is 1. The topological polar surface area (TPSA) is 29.1 Å². The smallest absolute Gasteiger partial charge is 0.254 e. The molecule has 20 heavy (non-hydrogen) atoms. The molecule has 0 heterocycles. The van der Waals surface area contributed by atoms with Gasteiger partial charge in [-0.3, -0.25) is 4.79 Å². The number of nitrogens with one attached hydrogen (secondary N) is 1. The molecule has 2 nitrogen and oxygen atoms in total. The molecule has 0 aliphatic rings. The van der Waals surface area contributed by atoms with Gasteiger partial charge in [-0.15, -0.1) is 0 Å². The molecule has 104 valence electrons. The average molecular weight is 336 g/mol. The van der Waals surface area contributed by atoms with Gasteiger partial charge in [-0.2, -0.15) is 0 Å². The van der Waals surface area contributed by atoms with Crippen LogP contribution in [0.25, 0.3) is 0 Å². The summed E-state index contributed by atoms with van der Waals surface area (Å²) in [7, 11) is 0. The highest BCUT2D eigenvalue weighted by Gasteiger charge is 2.11. The fraction of sp³-hybridized carbons (Fsp3) is 0.188. The Morgan fingerprint density at radius 2 is 2.00 bits per heavy atom. The van der Waals surface area contributed by atoms with Gasteiger partial charge in [0.25, 0.3) is 5.91 Å². The average Bonchev–Trinajstić information content (AvgIpc) is 2.40. The summed E-state index contributed by atoms with van der Waals surface area (Å²) in [6.07, 6.45) is 0.733. The van der Waals surface area contributed by atoms with Crippen molar-refractivity contribution in [3.63, 3.8) is 0 Å². The van der Waals surface area contributed by atoms with Gasteiger partial charge < -0.3 is 5.32 Å². The van der Waals surface area contributed by atoms with Gasteiger partial charge in [-0.25, -0.2) is 4.39 Å². The first-order chi connectivity index (χ1) is 9.58. The molecule has 0 aliphatic carbocycles. The molecule has 0 saturated carbocycles. The van der Waals surface area contributed by atoms with Gasteiger partial charge in [0.05, 0.1) is 5.56 Å². The van der Waals surface area contributed by atoms with Crippen LogP contribution in [-0.2, 0) is 6.42 Å². The Balaban J connectivity index is 1.94. The van der Waals surface area contributed by atoms with Crippen molar-refractivity contribution < 1.29 is 9.18 Å². The van der Waals surface area contributed by atoms with Crippen LogP contribution in [0.5, 0.6) is 0 Å². The molecule has 0 spiro atoms. The maximum absolute atomic E-state index is 13.6. The Morgan fingerprint density at radius 1 is 1.25 bits per heavy atom. The number of halogens is 2. The summed E-state index contributed by atoms with van der Waals surface area (Å²) in [6.45, 7) is 2.52. The molecule has 0 fully saturated rings. The molecule has 1 N–H and O–H groups in total. The molecule has 0 saturated heterocycles. The van der Waals surface area contributed by atoms with Gasteiger partial charge in [0.15, 0.2) is 0 Å². The Bertz CT molecular complexity index is 628. The van der Waals surface area contributed by atoms with Crippen LogP contribution in [0.4, 0.5) is 4.39 Å². The number of rotatable bonds is 4. The van der Waals surface area contributed by atoms with E-state index < -0.39 is 5.82 Å². The van der Waals surface area contributed by atoms with Gasteiger partial charge in [0.2, 0.25) is 0 Å². The van der Waals surface area contributed by atoms with E-state index in [1.807, 2.05) is 31.2 Å². The third-order valence-corrected chi connectivity index (χ3v) is 3.61. The van der Waals surface area contributed by atoms with Crippen molar-refractivity contribution in [2.75, 3.05) is 6.54 Å². The lowest BCUT2D eigenvalue weighted by molar-refractivity contribution is 0.0950. The maximum Gasteiger partial charge on any atom is 0.254 e. The summed E-state index contributed by atoms with van der Waals surface area (Å²) < 4.78 is 14.2. The van der Waals surface area contributed by atoms with Crippen LogP contribution < -0.4 is 5.32 Å². The van der Waals surface area contributed by atoms with Crippen LogP contribution in [-0.4, -0.2) is 12.5 Å². The number of aryl methyl sites for hydroxylation is 1. The predicted octanol–water partition coefficient (Wildman–Crippen LogP) is 3.87. The van der Waals surface area contributed by atoms with E-state index in [1.54, 1.807) is 6.07 Å². The van der Waals surface area contributed by atoms with Crippen LogP contribution in [0, 0.1) is 12.7 Å². The fourth-order valence-corrected chi connectivity index (χ4v) is 2.30. The Morgan fingerprint density at radius 3 is 2.70 bits per heavy atom. The van der Waals surface area contributed by atoms with E-state index in [4.69, 9.17) is 0 Å². The molecule has 4 heteroatoms. The molecule has 0 atom stereocenters. The molecule has 2 aromatic carbocycles. The highest BCUT2D eigenvalue weighted by molar-refractivity contribution is 9.10. The second-order valence-electron chi connectivity index (χ2n) is 4.56. The molecule has 0 unspecified atom stereocenters. The van der Waals surface area contributed by atoms with Crippen molar-refractivity contribution in [3.05, 3.63) is 69.4 Å². The van der Waals surface area contributed by atoms with E-state index >= 15 is 0 Å². The summed E-state index contributed by atoms with van der Waals surface area (Å²) in [5.74, 6) is -0.906. The van der Waals surface area contributed by atoms with Crippen LogP contribution in [0.1, 0.15) is 21.5 Å². The minimum absolute atomic E-state index is 0.0676. The van der Waals surface area contributed by atoms with Crippen LogP contribution >= 0.6 is 15.9 Å². The van der Waals surface area contributed by atoms with Crippen molar-refractivity contribution in [2.45, 2.75) is 13.3 Å². The van der Waals surface area contributed by atoms with E-state index in [0.717, 1.165) is 6.42 Å². The monoisotopic (exact) mass is 335 g/mol. The summed E-state index contributed by atoms with van der Waals surface area (Å²) >= 11 is 3.16.